The van der Waals surface area contributed by atoms with Crippen molar-refractivity contribution in [2.24, 2.45) is 0 Å². The highest BCUT2D eigenvalue weighted by molar-refractivity contribution is 5.68. The van der Waals surface area contributed by atoms with Crippen LogP contribution in [-0.2, 0) is 0 Å². The fourth-order valence-electron chi connectivity index (χ4n) is 1.68. The monoisotopic (exact) mass is 202 g/mol. The molecular formula is C8H14N2O4. The molecule has 0 radical (unpaired) electrons. The van der Waals surface area contributed by atoms with Gasteiger partial charge in [-0.05, 0) is 13.8 Å². The van der Waals surface area contributed by atoms with Gasteiger partial charge in [-0.1, -0.05) is 0 Å². The average Bonchev–Trinajstić information content (AvgIpc) is 2.08. The molecule has 1 saturated heterocycles. The maximum atomic E-state index is 10.7. The van der Waals surface area contributed by atoms with E-state index in [1.54, 1.807) is 13.8 Å². The van der Waals surface area contributed by atoms with Crippen LogP contribution >= 0.6 is 0 Å². The van der Waals surface area contributed by atoms with Crippen molar-refractivity contribution in [1.29, 1.82) is 0 Å². The Hall–Kier alpha value is -1.46. The van der Waals surface area contributed by atoms with Crippen LogP contribution in [0.4, 0.5) is 9.59 Å². The summed E-state index contributed by atoms with van der Waals surface area (Å²) in [6.07, 6.45) is -1.98. The van der Waals surface area contributed by atoms with Crippen LogP contribution in [-0.4, -0.2) is 57.4 Å². The Morgan fingerprint density at radius 3 is 1.50 bits per heavy atom. The van der Waals surface area contributed by atoms with E-state index in [2.05, 4.69) is 0 Å². The van der Waals surface area contributed by atoms with Crippen molar-refractivity contribution >= 4 is 12.2 Å². The van der Waals surface area contributed by atoms with E-state index in [4.69, 9.17) is 10.2 Å². The van der Waals surface area contributed by atoms with Crippen LogP contribution in [0, 0.1) is 0 Å². The molecular weight excluding hydrogens is 188 g/mol. The number of amides is 2. The van der Waals surface area contributed by atoms with Gasteiger partial charge in [-0.3, -0.25) is 0 Å². The third kappa shape index (κ3) is 1.73. The van der Waals surface area contributed by atoms with E-state index in [0.29, 0.717) is 0 Å². The summed E-state index contributed by atoms with van der Waals surface area (Å²) in [7, 11) is 0. The Kier molecular flexibility index (Phi) is 2.83. The lowest BCUT2D eigenvalue weighted by Gasteiger charge is -2.42. The Labute approximate surface area is 81.7 Å². The first-order valence-corrected chi connectivity index (χ1v) is 4.44. The van der Waals surface area contributed by atoms with Gasteiger partial charge in [-0.15, -0.1) is 0 Å². The van der Waals surface area contributed by atoms with Crippen LogP contribution < -0.4 is 0 Å². The summed E-state index contributed by atoms with van der Waals surface area (Å²) >= 11 is 0. The zero-order valence-corrected chi connectivity index (χ0v) is 8.17. The largest absolute Gasteiger partial charge is 0.465 e. The summed E-state index contributed by atoms with van der Waals surface area (Å²) < 4.78 is 0. The summed E-state index contributed by atoms with van der Waals surface area (Å²) in [5.41, 5.74) is 0. The van der Waals surface area contributed by atoms with Crippen molar-refractivity contribution in [2.45, 2.75) is 25.9 Å². The molecule has 0 saturated carbocycles. The van der Waals surface area contributed by atoms with E-state index in [0.717, 1.165) is 0 Å². The molecule has 0 spiro atoms. The summed E-state index contributed by atoms with van der Waals surface area (Å²) in [6, 6.07) is -0.588. The predicted molar refractivity (Wildman–Crippen MR) is 48.4 cm³/mol. The molecule has 2 amide bonds. The molecule has 0 aromatic rings. The van der Waals surface area contributed by atoms with Gasteiger partial charge in [0.05, 0.1) is 12.1 Å². The van der Waals surface area contributed by atoms with Crippen LogP contribution in [0.1, 0.15) is 13.8 Å². The van der Waals surface area contributed by atoms with Gasteiger partial charge in [0, 0.05) is 13.1 Å². The molecule has 1 heterocycles. The standard InChI is InChI=1S/C8H14N2O4/c1-5-6(2)10(8(13)14)4-3-9(5)7(11)12/h5-6H,3-4H2,1-2H3,(H,11,12)(H,13,14). The SMILES string of the molecule is CC1C(C)N(C(=O)O)CCN1C(=O)O. The molecule has 1 rings (SSSR count). The van der Waals surface area contributed by atoms with Gasteiger partial charge in [0.2, 0.25) is 0 Å². The number of hydrogen-bond donors (Lipinski definition) is 2. The van der Waals surface area contributed by atoms with Gasteiger partial charge in [0.25, 0.3) is 0 Å². The minimum absolute atomic E-state index is 0.243. The van der Waals surface area contributed by atoms with E-state index in [-0.39, 0.29) is 25.2 Å². The van der Waals surface area contributed by atoms with E-state index < -0.39 is 12.2 Å². The molecule has 80 valence electrons. The summed E-state index contributed by atoms with van der Waals surface area (Å²) in [5, 5.41) is 17.6. The molecule has 1 fully saturated rings. The van der Waals surface area contributed by atoms with Gasteiger partial charge in [0.15, 0.2) is 0 Å². The lowest BCUT2D eigenvalue weighted by atomic mass is 10.1. The Balaban J connectivity index is 2.73. The summed E-state index contributed by atoms with van der Waals surface area (Å²) in [5.74, 6) is 0. The van der Waals surface area contributed by atoms with E-state index in [9.17, 15) is 9.59 Å². The fraction of sp³-hybridized carbons (Fsp3) is 0.750. The quantitative estimate of drug-likeness (QED) is 0.607. The Morgan fingerprint density at radius 1 is 1.00 bits per heavy atom. The number of rotatable bonds is 0. The van der Waals surface area contributed by atoms with Crippen molar-refractivity contribution < 1.29 is 19.8 Å². The fourth-order valence-corrected chi connectivity index (χ4v) is 1.68. The number of carboxylic acid groups (broad SMARTS) is 2. The first kappa shape index (κ1) is 10.6. The van der Waals surface area contributed by atoms with Crippen molar-refractivity contribution in [1.82, 2.24) is 9.80 Å². The maximum Gasteiger partial charge on any atom is 0.407 e. The highest BCUT2D eigenvalue weighted by atomic mass is 16.4. The van der Waals surface area contributed by atoms with Gasteiger partial charge in [-0.2, -0.15) is 0 Å². The average molecular weight is 202 g/mol. The summed E-state index contributed by atoms with van der Waals surface area (Å²) in [6.45, 7) is 3.92. The number of hydrogen-bond acceptors (Lipinski definition) is 2. The molecule has 2 unspecified atom stereocenters. The zero-order valence-electron chi connectivity index (χ0n) is 8.17. The lowest BCUT2D eigenvalue weighted by Crippen LogP contribution is -2.59. The van der Waals surface area contributed by atoms with Crippen LogP contribution in [0.3, 0.4) is 0 Å². The van der Waals surface area contributed by atoms with Crippen LogP contribution in [0.15, 0.2) is 0 Å². The molecule has 2 atom stereocenters. The van der Waals surface area contributed by atoms with Crippen molar-refractivity contribution in [2.75, 3.05) is 13.1 Å². The second-order valence-corrected chi connectivity index (χ2v) is 3.43. The molecule has 2 N–H and O–H groups in total. The molecule has 0 aliphatic carbocycles. The zero-order chi connectivity index (χ0) is 10.9. The van der Waals surface area contributed by atoms with Gasteiger partial charge < -0.3 is 20.0 Å². The number of piperazine rings is 1. The van der Waals surface area contributed by atoms with E-state index >= 15 is 0 Å². The molecule has 1 aliphatic heterocycles. The predicted octanol–water partition coefficient (Wildman–Crippen LogP) is 0.737. The third-order valence-electron chi connectivity index (χ3n) is 2.75. The van der Waals surface area contributed by atoms with Gasteiger partial charge in [-0.25, -0.2) is 9.59 Å². The van der Waals surface area contributed by atoms with E-state index in [1.165, 1.54) is 9.80 Å². The van der Waals surface area contributed by atoms with Crippen molar-refractivity contribution in [3.05, 3.63) is 0 Å². The Bertz CT molecular complexity index is 230. The normalized spacial score (nSPS) is 27.6. The second-order valence-electron chi connectivity index (χ2n) is 3.43. The lowest BCUT2D eigenvalue weighted by molar-refractivity contribution is 0.0392. The molecule has 14 heavy (non-hydrogen) atoms. The molecule has 6 heteroatoms. The number of carbonyl (C=O) groups is 2. The molecule has 0 aromatic heterocycles. The maximum absolute atomic E-state index is 10.7. The molecule has 6 nitrogen and oxygen atoms in total. The highest BCUT2D eigenvalue weighted by Gasteiger charge is 2.35. The van der Waals surface area contributed by atoms with Crippen LogP contribution in [0.25, 0.3) is 0 Å². The number of nitrogens with zero attached hydrogens (tertiary/aromatic N) is 2. The summed E-state index contributed by atoms with van der Waals surface area (Å²) in [4.78, 5) is 24.0. The topological polar surface area (TPSA) is 81.1 Å². The van der Waals surface area contributed by atoms with Crippen LogP contribution in [0.5, 0.6) is 0 Å². The molecule has 1 aliphatic rings. The smallest absolute Gasteiger partial charge is 0.407 e. The first-order valence-electron chi connectivity index (χ1n) is 4.44. The minimum Gasteiger partial charge on any atom is -0.465 e. The van der Waals surface area contributed by atoms with Gasteiger partial charge in [0.1, 0.15) is 0 Å². The second kappa shape index (κ2) is 3.73. The van der Waals surface area contributed by atoms with Gasteiger partial charge >= 0.3 is 12.2 Å². The Morgan fingerprint density at radius 2 is 1.29 bits per heavy atom. The first-order chi connectivity index (χ1) is 6.45. The van der Waals surface area contributed by atoms with Crippen molar-refractivity contribution in [3.8, 4) is 0 Å². The third-order valence-corrected chi connectivity index (χ3v) is 2.75. The highest BCUT2D eigenvalue weighted by Crippen LogP contribution is 2.16. The molecule has 0 aromatic carbocycles. The van der Waals surface area contributed by atoms with Crippen LogP contribution in [0.2, 0.25) is 0 Å². The molecule has 0 bridgehead atoms. The van der Waals surface area contributed by atoms with Crippen molar-refractivity contribution in [3.63, 3.8) is 0 Å². The van der Waals surface area contributed by atoms with E-state index in [1.807, 2.05) is 0 Å². The minimum atomic E-state index is -0.991.